The average molecular weight is 445 g/mol. The Morgan fingerprint density at radius 2 is 1.39 bits per heavy atom. The number of alkyl carbamates (subject to hydrolysis) is 1. The van der Waals surface area contributed by atoms with E-state index in [0.29, 0.717) is 5.56 Å². The Morgan fingerprint density at radius 3 is 2.00 bits per heavy atom. The number of hydrogen-bond donors (Lipinski definition) is 2. The van der Waals surface area contributed by atoms with Gasteiger partial charge in [-0.2, -0.15) is 0 Å². The summed E-state index contributed by atoms with van der Waals surface area (Å²) in [7, 11) is 0. The molecular weight excluding hydrogens is 422 g/mol. The number of esters is 1. The molecule has 0 spiro atoms. The normalized spacial score (nSPS) is 12.9. The molecule has 0 unspecified atom stereocenters. The Bertz CT molecular complexity index is 1110. The maximum atomic E-state index is 12.3. The first kappa shape index (κ1) is 22.2. The number of ketones is 1. The highest BCUT2D eigenvalue weighted by molar-refractivity contribution is 5.98. The lowest BCUT2D eigenvalue weighted by Crippen LogP contribution is -2.45. The van der Waals surface area contributed by atoms with Gasteiger partial charge in [-0.3, -0.25) is 4.79 Å². The molecule has 3 aromatic rings. The number of fused-ring (bicyclic) bond motifs is 3. The molecule has 168 valence electrons. The Balaban J connectivity index is 1.32. The Hall–Kier alpha value is -3.97. The van der Waals surface area contributed by atoms with Crippen molar-refractivity contribution >= 4 is 17.8 Å². The third-order valence-electron chi connectivity index (χ3n) is 5.54. The molecule has 1 atom stereocenters. The number of nitrogens with one attached hydrogen (secondary N) is 1. The quantitative estimate of drug-likeness (QED) is 0.407. The Kier molecular flexibility index (Phi) is 6.80. The lowest BCUT2D eigenvalue weighted by atomic mass is 9.98. The van der Waals surface area contributed by atoms with Crippen molar-refractivity contribution in [1.29, 1.82) is 0 Å². The fourth-order valence-corrected chi connectivity index (χ4v) is 3.91. The van der Waals surface area contributed by atoms with Gasteiger partial charge in [-0.25, -0.2) is 9.59 Å². The van der Waals surface area contributed by atoms with Gasteiger partial charge in [-0.05, 0) is 22.3 Å². The van der Waals surface area contributed by atoms with E-state index in [2.05, 4.69) is 5.32 Å². The number of Topliss-reactive ketones (excluding diaryl/α,β-unsaturated/α-hetero) is 1. The summed E-state index contributed by atoms with van der Waals surface area (Å²) in [5, 5.41) is 11.8. The fourth-order valence-electron chi connectivity index (χ4n) is 3.91. The van der Waals surface area contributed by atoms with Crippen LogP contribution in [0.1, 0.15) is 27.4 Å². The molecule has 0 heterocycles. The van der Waals surface area contributed by atoms with Crippen LogP contribution in [0.3, 0.4) is 0 Å². The van der Waals surface area contributed by atoms with Crippen molar-refractivity contribution in [2.24, 2.45) is 0 Å². The van der Waals surface area contributed by atoms with Crippen molar-refractivity contribution in [3.63, 3.8) is 0 Å². The first-order valence-electron chi connectivity index (χ1n) is 10.6. The summed E-state index contributed by atoms with van der Waals surface area (Å²) in [6.45, 7) is -1.12. The van der Waals surface area contributed by atoms with Crippen molar-refractivity contribution in [3.05, 3.63) is 95.6 Å². The predicted molar refractivity (Wildman–Crippen MR) is 121 cm³/mol. The topological polar surface area (TPSA) is 102 Å². The summed E-state index contributed by atoms with van der Waals surface area (Å²) in [6.07, 6.45) is -0.859. The van der Waals surface area contributed by atoms with E-state index >= 15 is 0 Å². The number of carbonyl (C=O) groups excluding carboxylic acids is 3. The second kappa shape index (κ2) is 10.1. The molecule has 1 aliphatic carbocycles. The van der Waals surface area contributed by atoms with Crippen molar-refractivity contribution < 1.29 is 29.0 Å². The Labute approximate surface area is 191 Å². The zero-order valence-electron chi connectivity index (χ0n) is 17.8. The maximum Gasteiger partial charge on any atom is 0.407 e. The number of ether oxygens (including phenoxy) is 2. The zero-order valence-corrected chi connectivity index (χ0v) is 17.8. The molecule has 7 nitrogen and oxygen atoms in total. The second-order valence-corrected chi connectivity index (χ2v) is 7.60. The summed E-state index contributed by atoms with van der Waals surface area (Å²) >= 11 is 0. The molecule has 0 bridgehead atoms. The van der Waals surface area contributed by atoms with Gasteiger partial charge in [0.1, 0.15) is 6.61 Å². The molecule has 1 amide bonds. The number of rotatable bonds is 8. The highest BCUT2D eigenvalue weighted by Gasteiger charge is 2.30. The third kappa shape index (κ3) is 4.94. The van der Waals surface area contributed by atoms with Crippen LogP contribution in [0.4, 0.5) is 4.79 Å². The van der Waals surface area contributed by atoms with Crippen LogP contribution < -0.4 is 5.32 Å². The van der Waals surface area contributed by atoms with Crippen LogP contribution in [0.5, 0.6) is 0 Å². The van der Waals surface area contributed by atoms with Gasteiger partial charge in [0.15, 0.2) is 18.4 Å². The minimum Gasteiger partial charge on any atom is -0.456 e. The number of carbonyl (C=O) groups is 3. The van der Waals surface area contributed by atoms with Crippen LogP contribution >= 0.6 is 0 Å². The van der Waals surface area contributed by atoms with Crippen LogP contribution in [0.15, 0.2) is 78.9 Å². The van der Waals surface area contributed by atoms with Gasteiger partial charge >= 0.3 is 12.1 Å². The van der Waals surface area contributed by atoms with Gasteiger partial charge in [0.2, 0.25) is 0 Å². The number of aliphatic hydroxyl groups excluding tert-OH is 1. The van der Waals surface area contributed by atoms with Crippen LogP contribution in [-0.4, -0.2) is 48.8 Å². The van der Waals surface area contributed by atoms with Crippen LogP contribution in [0.2, 0.25) is 0 Å². The molecule has 0 fully saturated rings. The second-order valence-electron chi connectivity index (χ2n) is 7.60. The highest BCUT2D eigenvalue weighted by Crippen LogP contribution is 2.44. The van der Waals surface area contributed by atoms with Gasteiger partial charge in [-0.15, -0.1) is 0 Å². The maximum absolute atomic E-state index is 12.3. The third-order valence-corrected chi connectivity index (χ3v) is 5.54. The minimum absolute atomic E-state index is 0.0690. The summed E-state index contributed by atoms with van der Waals surface area (Å²) in [5.74, 6) is -1.44. The molecule has 1 aliphatic rings. The van der Waals surface area contributed by atoms with E-state index in [-0.39, 0.29) is 18.3 Å². The molecule has 0 saturated heterocycles. The number of aliphatic hydroxyl groups is 1. The molecule has 0 aliphatic heterocycles. The van der Waals surface area contributed by atoms with Crippen LogP contribution in [-0.2, 0) is 14.3 Å². The van der Waals surface area contributed by atoms with Crippen molar-refractivity contribution in [2.45, 2.75) is 12.0 Å². The molecule has 33 heavy (non-hydrogen) atoms. The van der Waals surface area contributed by atoms with E-state index in [9.17, 15) is 19.5 Å². The first-order chi connectivity index (χ1) is 16.1. The predicted octanol–water partition coefficient (Wildman–Crippen LogP) is 3.31. The SMILES string of the molecule is O=C(N[C@@H](CO)C(=O)OCC(=O)c1ccccc1)OCC1c2ccccc2-c2ccccc21. The van der Waals surface area contributed by atoms with Gasteiger partial charge in [0.25, 0.3) is 0 Å². The van der Waals surface area contributed by atoms with E-state index in [1.165, 1.54) is 0 Å². The summed E-state index contributed by atoms with van der Waals surface area (Å²) < 4.78 is 10.3. The summed E-state index contributed by atoms with van der Waals surface area (Å²) in [6, 6.07) is 22.9. The first-order valence-corrected chi connectivity index (χ1v) is 10.6. The molecule has 0 aromatic heterocycles. The molecule has 2 N–H and O–H groups in total. The smallest absolute Gasteiger partial charge is 0.407 e. The largest absolute Gasteiger partial charge is 0.456 e. The number of amides is 1. The van der Waals surface area contributed by atoms with Gasteiger partial charge in [-0.1, -0.05) is 78.9 Å². The van der Waals surface area contributed by atoms with Crippen LogP contribution in [0, 0.1) is 0 Å². The number of benzene rings is 3. The van der Waals surface area contributed by atoms with Gasteiger partial charge in [0.05, 0.1) is 6.61 Å². The summed E-state index contributed by atoms with van der Waals surface area (Å²) in [4.78, 5) is 36.6. The van der Waals surface area contributed by atoms with Crippen molar-refractivity contribution in [1.82, 2.24) is 5.32 Å². The van der Waals surface area contributed by atoms with Gasteiger partial charge < -0.3 is 19.9 Å². The fraction of sp³-hybridized carbons (Fsp3) is 0.192. The average Bonchev–Trinajstić information content (AvgIpc) is 3.18. The van der Waals surface area contributed by atoms with E-state index in [1.807, 2.05) is 48.5 Å². The molecule has 4 rings (SSSR count). The van der Waals surface area contributed by atoms with Crippen molar-refractivity contribution in [2.75, 3.05) is 19.8 Å². The van der Waals surface area contributed by atoms with E-state index in [1.54, 1.807) is 30.3 Å². The molecule has 7 heteroatoms. The highest BCUT2D eigenvalue weighted by atomic mass is 16.6. The molecular formula is C26H23NO6. The van der Waals surface area contributed by atoms with Crippen LogP contribution in [0.25, 0.3) is 11.1 Å². The molecule has 0 radical (unpaired) electrons. The standard InChI is InChI=1S/C26H23NO6/c28-14-23(25(30)32-16-24(29)17-8-2-1-3-9-17)27-26(31)33-15-22-20-12-6-4-10-18(20)19-11-5-7-13-21(19)22/h1-13,22-23,28H,14-16H2,(H,27,31)/t23-/m0/s1. The lowest BCUT2D eigenvalue weighted by molar-refractivity contribution is -0.145. The molecule has 0 saturated carbocycles. The lowest BCUT2D eigenvalue weighted by Gasteiger charge is -2.17. The monoisotopic (exact) mass is 445 g/mol. The van der Waals surface area contributed by atoms with Gasteiger partial charge in [0, 0.05) is 11.5 Å². The van der Waals surface area contributed by atoms with E-state index in [0.717, 1.165) is 22.3 Å². The number of hydrogen-bond acceptors (Lipinski definition) is 6. The summed E-state index contributed by atoms with van der Waals surface area (Å²) in [5.41, 5.74) is 4.72. The minimum atomic E-state index is -1.34. The van der Waals surface area contributed by atoms with E-state index in [4.69, 9.17) is 9.47 Å². The zero-order chi connectivity index (χ0) is 23.2. The van der Waals surface area contributed by atoms with Crippen molar-refractivity contribution in [3.8, 4) is 11.1 Å². The molecule has 3 aromatic carbocycles. The van der Waals surface area contributed by atoms with E-state index < -0.39 is 31.3 Å². The Morgan fingerprint density at radius 1 is 0.818 bits per heavy atom.